The molecule has 0 aliphatic heterocycles. The zero-order valence-corrected chi connectivity index (χ0v) is 20.0. The number of rotatable bonds is 6. The smallest absolute Gasteiger partial charge is 0.213 e. The first-order valence-electron chi connectivity index (χ1n) is 12.2. The number of halogens is 1. The van der Waals surface area contributed by atoms with Gasteiger partial charge in [0.05, 0.1) is 11.7 Å². The molecule has 3 fully saturated rings. The van der Waals surface area contributed by atoms with Gasteiger partial charge in [0, 0.05) is 12.8 Å². The average Bonchev–Trinajstić information content (AvgIpc) is 2.99. The summed E-state index contributed by atoms with van der Waals surface area (Å²) in [5.74, 6) is -0.475. The van der Waals surface area contributed by atoms with E-state index >= 15 is 0 Å². The monoisotopic (exact) mass is 434 g/mol. The predicted octanol–water partition coefficient (Wildman–Crippen LogP) is 6.00. The molecule has 6 atom stereocenters. The van der Waals surface area contributed by atoms with Crippen molar-refractivity contribution in [3.05, 3.63) is 35.5 Å². The molecule has 3 nitrogen and oxygen atoms in total. The number of hydrogen-bond acceptors (Lipinski definition) is 3. The summed E-state index contributed by atoms with van der Waals surface area (Å²) in [4.78, 5) is 0. The van der Waals surface area contributed by atoms with Crippen LogP contribution >= 0.6 is 0 Å². The summed E-state index contributed by atoms with van der Waals surface area (Å²) in [7, 11) is 0. The standard InChI is InChI=1S/C27H43FO3/c1-18(8-6-14-25(3,4)30)22-12-13-23-20(9-7-15-26(22,23)5)10-11-21-16-27(28,31)17-24(29)19(21)2/h10-11,18,22-24,29-31H,2,6-9,12-17H2,1,3-5H3/t18-,22-,23?,24+,26-,27-/m1/s1. The molecule has 0 heterocycles. The van der Waals surface area contributed by atoms with Crippen LogP contribution in [0.15, 0.2) is 35.5 Å². The summed E-state index contributed by atoms with van der Waals surface area (Å²) in [6.07, 6.45) is 11.6. The van der Waals surface area contributed by atoms with Gasteiger partial charge in [0.25, 0.3) is 0 Å². The van der Waals surface area contributed by atoms with E-state index in [1.165, 1.54) is 31.3 Å². The molecule has 4 heteroatoms. The minimum Gasteiger partial charge on any atom is -0.390 e. The van der Waals surface area contributed by atoms with Crippen molar-refractivity contribution in [1.82, 2.24) is 0 Å². The van der Waals surface area contributed by atoms with Gasteiger partial charge in [-0.25, -0.2) is 4.39 Å². The molecule has 176 valence electrons. The quantitative estimate of drug-likeness (QED) is 0.480. The second-order valence-corrected chi connectivity index (χ2v) is 11.6. The number of aliphatic hydroxyl groups excluding tert-OH is 1. The second-order valence-electron chi connectivity index (χ2n) is 11.6. The lowest BCUT2D eigenvalue weighted by Gasteiger charge is -2.44. The van der Waals surface area contributed by atoms with Gasteiger partial charge in [0.15, 0.2) is 0 Å². The van der Waals surface area contributed by atoms with Gasteiger partial charge in [-0.2, -0.15) is 0 Å². The van der Waals surface area contributed by atoms with Crippen LogP contribution in [-0.2, 0) is 0 Å². The topological polar surface area (TPSA) is 60.7 Å². The van der Waals surface area contributed by atoms with E-state index in [0.717, 1.165) is 25.7 Å². The van der Waals surface area contributed by atoms with Gasteiger partial charge in [-0.05, 0) is 86.7 Å². The molecule has 3 aliphatic carbocycles. The largest absolute Gasteiger partial charge is 0.390 e. The van der Waals surface area contributed by atoms with E-state index in [9.17, 15) is 19.7 Å². The van der Waals surface area contributed by atoms with Crippen LogP contribution in [0.3, 0.4) is 0 Å². The van der Waals surface area contributed by atoms with Crippen LogP contribution in [0, 0.1) is 23.2 Å². The second kappa shape index (κ2) is 9.11. The summed E-state index contributed by atoms with van der Waals surface area (Å²) < 4.78 is 14.2. The summed E-state index contributed by atoms with van der Waals surface area (Å²) in [6.45, 7) is 12.6. The average molecular weight is 435 g/mol. The van der Waals surface area contributed by atoms with Crippen LogP contribution in [-0.4, -0.2) is 32.9 Å². The van der Waals surface area contributed by atoms with Gasteiger partial charge >= 0.3 is 0 Å². The van der Waals surface area contributed by atoms with Crippen LogP contribution in [0.25, 0.3) is 0 Å². The molecular formula is C27H43FO3. The molecular weight excluding hydrogens is 391 g/mol. The van der Waals surface area contributed by atoms with Gasteiger partial charge in [-0.15, -0.1) is 0 Å². The van der Waals surface area contributed by atoms with Crippen LogP contribution in [0.1, 0.15) is 91.9 Å². The lowest BCUT2D eigenvalue weighted by atomic mass is 9.60. The highest BCUT2D eigenvalue weighted by molar-refractivity contribution is 5.39. The molecule has 0 aromatic rings. The van der Waals surface area contributed by atoms with Crippen molar-refractivity contribution < 1.29 is 19.7 Å². The Balaban J connectivity index is 1.72. The molecule has 3 saturated carbocycles. The lowest BCUT2D eigenvalue weighted by molar-refractivity contribution is -0.118. The Hall–Kier alpha value is -0.970. The van der Waals surface area contributed by atoms with Crippen molar-refractivity contribution >= 4 is 0 Å². The Morgan fingerprint density at radius 2 is 2.00 bits per heavy atom. The Kier molecular flexibility index (Phi) is 7.25. The van der Waals surface area contributed by atoms with Gasteiger partial charge < -0.3 is 15.3 Å². The van der Waals surface area contributed by atoms with E-state index in [0.29, 0.717) is 34.3 Å². The highest BCUT2D eigenvalue weighted by Gasteiger charge is 2.50. The summed E-state index contributed by atoms with van der Waals surface area (Å²) in [6, 6.07) is 0. The van der Waals surface area contributed by atoms with E-state index in [-0.39, 0.29) is 12.8 Å². The first kappa shape index (κ1) is 24.7. The van der Waals surface area contributed by atoms with Crippen molar-refractivity contribution in [2.45, 2.75) is 109 Å². The third-order valence-electron chi connectivity index (χ3n) is 8.45. The number of allylic oxidation sites excluding steroid dienone is 3. The molecule has 0 radical (unpaired) electrons. The normalized spacial score (nSPS) is 40.4. The molecule has 0 saturated heterocycles. The third-order valence-corrected chi connectivity index (χ3v) is 8.45. The Bertz CT molecular complexity index is 729. The maximum absolute atomic E-state index is 14.2. The van der Waals surface area contributed by atoms with Crippen LogP contribution < -0.4 is 0 Å². The number of aliphatic hydroxyl groups is 3. The predicted molar refractivity (Wildman–Crippen MR) is 124 cm³/mol. The van der Waals surface area contributed by atoms with Crippen molar-refractivity contribution in [3.8, 4) is 0 Å². The Morgan fingerprint density at radius 3 is 2.68 bits per heavy atom. The van der Waals surface area contributed by atoms with Crippen LogP contribution in [0.5, 0.6) is 0 Å². The highest BCUT2D eigenvalue weighted by atomic mass is 19.2. The molecule has 31 heavy (non-hydrogen) atoms. The number of fused-ring (bicyclic) bond motifs is 1. The first-order valence-corrected chi connectivity index (χ1v) is 12.2. The zero-order chi connectivity index (χ0) is 23.0. The summed E-state index contributed by atoms with van der Waals surface area (Å²) in [5.41, 5.74) is 2.29. The molecule has 0 aromatic heterocycles. The van der Waals surface area contributed by atoms with Crippen molar-refractivity contribution in [2.75, 3.05) is 0 Å². The molecule has 0 aromatic carbocycles. The zero-order valence-electron chi connectivity index (χ0n) is 20.0. The minimum absolute atomic E-state index is 0.102. The number of alkyl halides is 1. The third kappa shape index (κ3) is 5.69. The summed E-state index contributed by atoms with van der Waals surface area (Å²) >= 11 is 0. The van der Waals surface area contributed by atoms with Crippen LogP contribution in [0.2, 0.25) is 0 Å². The maximum atomic E-state index is 14.2. The van der Waals surface area contributed by atoms with E-state index in [1.807, 2.05) is 19.9 Å². The fraction of sp³-hybridized carbons (Fsp3) is 0.778. The highest BCUT2D eigenvalue weighted by Crippen LogP contribution is 2.60. The van der Waals surface area contributed by atoms with Gasteiger partial charge in [-0.3, -0.25) is 0 Å². The molecule has 3 aliphatic rings. The molecule has 0 spiro atoms. The Morgan fingerprint density at radius 1 is 1.29 bits per heavy atom. The molecule has 1 unspecified atom stereocenters. The summed E-state index contributed by atoms with van der Waals surface area (Å²) in [5, 5.41) is 29.9. The van der Waals surface area contributed by atoms with E-state index in [2.05, 4.69) is 26.5 Å². The van der Waals surface area contributed by atoms with Crippen molar-refractivity contribution in [1.29, 1.82) is 0 Å². The SMILES string of the molecule is C=C1C(=CC=C2CCC[C@@]3(C)C2CC[C@@H]3[C@H](C)CCCC(C)(C)O)C[C@](O)(F)C[C@@H]1O. The van der Waals surface area contributed by atoms with E-state index < -0.39 is 17.6 Å². The van der Waals surface area contributed by atoms with Crippen LogP contribution in [0.4, 0.5) is 4.39 Å². The Labute approximate surface area is 188 Å². The molecule has 3 rings (SSSR count). The van der Waals surface area contributed by atoms with E-state index in [4.69, 9.17) is 0 Å². The van der Waals surface area contributed by atoms with Crippen molar-refractivity contribution in [2.24, 2.45) is 23.2 Å². The molecule has 0 bridgehead atoms. The first-order chi connectivity index (χ1) is 14.3. The van der Waals surface area contributed by atoms with Crippen molar-refractivity contribution in [3.63, 3.8) is 0 Å². The fourth-order valence-electron chi connectivity index (χ4n) is 6.76. The fourth-order valence-corrected chi connectivity index (χ4v) is 6.76. The van der Waals surface area contributed by atoms with Gasteiger partial charge in [0.2, 0.25) is 5.85 Å². The lowest BCUT2D eigenvalue weighted by Crippen LogP contribution is -2.36. The minimum atomic E-state index is -2.36. The van der Waals surface area contributed by atoms with Gasteiger partial charge in [0.1, 0.15) is 0 Å². The molecule has 3 N–H and O–H groups in total. The molecule has 0 amide bonds. The van der Waals surface area contributed by atoms with Gasteiger partial charge in [-0.1, -0.05) is 51.0 Å². The maximum Gasteiger partial charge on any atom is 0.213 e. The number of hydrogen-bond donors (Lipinski definition) is 3. The van der Waals surface area contributed by atoms with E-state index in [1.54, 1.807) is 0 Å².